The Bertz CT molecular complexity index is 636. The van der Waals surface area contributed by atoms with Gasteiger partial charge in [-0.1, -0.05) is 12.1 Å². The van der Waals surface area contributed by atoms with Crippen molar-refractivity contribution in [3.05, 3.63) is 24.3 Å². The summed E-state index contributed by atoms with van der Waals surface area (Å²) in [7, 11) is 0. The monoisotopic (exact) mass is 299 g/mol. The average molecular weight is 299 g/mol. The summed E-state index contributed by atoms with van der Waals surface area (Å²) in [6.45, 7) is 2.52. The van der Waals surface area contributed by atoms with Gasteiger partial charge in [-0.25, -0.2) is 0 Å². The number of piperidine rings is 1. The van der Waals surface area contributed by atoms with Crippen LogP contribution in [-0.2, 0) is 4.79 Å². The van der Waals surface area contributed by atoms with Gasteiger partial charge < -0.3 is 14.6 Å². The first-order valence-electron chi connectivity index (χ1n) is 8.18. The lowest BCUT2D eigenvalue weighted by Gasteiger charge is -2.30. The molecule has 1 aromatic heterocycles. The summed E-state index contributed by atoms with van der Waals surface area (Å²) in [6, 6.07) is 8.49. The summed E-state index contributed by atoms with van der Waals surface area (Å²) >= 11 is 0. The van der Waals surface area contributed by atoms with Gasteiger partial charge in [0.1, 0.15) is 5.52 Å². The highest BCUT2D eigenvalue weighted by Crippen LogP contribution is 2.29. The molecule has 0 atom stereocenters. The molecular formula is C17H21N3O2. The van der Waals surface area contributed by atoms with Crippen LogP contribution in [0.4, 0.5) is 6.01 Å². The fraction of sp³-hybridized carbons (Fsp3) is 0.529. The number of carbonyl (C=O) groups excluding carboxylic acids is 1. The summed E-state index contributed by atoms with van der Waals surface area (Å²) in [5.74, 6) is 1.10. The van der Waals surface area contributed by atoms with Crippen LogP contribution in [0.3, 0.4) is 0 Å². The number of nitrogens with zero attached hydrogens (tertiary/aromatic N) is 2. The Morgan fingerprint density at radius 3 is 2.73 bits per heavy atom. The molecule has 2 heterocycles. The molecule has 0 spiro atoms. The highest BCUT2D eigenvalue weighted by molar-refractivity contribution is 5.79. The molecule has 1 aliphatic heterocycles. The lowest BCUT2D eigenvalue weighted by molar-refractivity contribution is -0.125. The van der Waals surface area contributed by atoms with E-state index in [2.05, 4.69) is 15.2 Å². The lowest BCUT2D eigenvalue weighted by atomic mass is 9.96. The number of carbonyl (C=O) groups is 1. The van der Waals surface area contributed by atoms with Crippen molar-refractivity contribution in [1.82, 2.24) is 10.3 Å². The van der Waals surface area contributed by atoms with Crippen LogP contribution in [0.15, 0.2) is 28.7 Å². The summed E-state index contributed by atoms with van der Waals surface area (Å²) in [6.07, 6.45) is 4.29. The molecule has 116 valence electrons. The quantitative estimate of drug-likeness (QED) is 0.942. The molecule has 4 rings (SSSR count). The minimum Gasteiger partial charge on any atom is -0.423 e. The normalized spacial score (nSPS) is 19.5. The minimum atomic E-state index is 0.138. The van der Waals surface area contributed by atoms with Gasteiger partial charge in [0.05, 0.1) is 0 Å². The van der Waals surface area contributed by atoms with Crippen LogP contribution in [-0.4, -0.2) is 30.5 Å². The van der Waals surface area contributed by atoms with Crippen molar-refractivity contribution in [2.75, 3.05) is 24.5 Å². The fourth-order valence-electron chi connectivity index (χ4n) is 3.04. The Kier molecular flexibility index (Phi) is 3.48. The van der Waals surface area contributed by atoms with E-state index in [1.54, 1.807) is 0 Å². The zero-order valence-corrected chi connectivity index (χ0v) is 12.6. The number of oxazole rings is 1. The summed E-state index contributed by atoms with van der Waals surface area (Å²) in [5, 5.41) is 3.09. The smallest absolute Gasteiger partial charge is 0.298 e. The predicted octanol–water partition coefficient (Wildman–Crippen LogP) is 2.57. The maximum absolute atomic E-state index is 12.1. The van der Waals surface area contributed by atoms with E-state index in [-0.39, 0.29) is 11.8 Å². The molecule has 1 aliphatic carbocycles. The van der Waals surface area contributed by atoms with Gasteiger partial charge >= 0.3 is 0 Å². The van der Waals surface area contributed by atoms with Gasteiger partial charge in [-0.2, -0.15) is 4.98 Å². The number of rotatable bonds is 4. The van der Waals surface area contributed by atoms with Gasteiger partial charge in [0, 0.05) is 25.6 Å². The molecule has 0 radical (unpaired) electrons. The van der Waals surface area contributed by atoms with Crippen molar-refractivity contribution >= 4 is 23.0 Å². The van der Waals surface area contributed by atoms with Crippen LogP contribution in [0.2, 0.25) is 0 Å². The number of benzene rings is 1. The van der Waals surface area contributed by atoms with Gasteiger partial charge in [-0.05, 0) is 43.7 Å². The van der Waals surface area contributed by atoms with Crippen molar-refractivity contribution in [2.45, 2.75) is 25.7 Å². The van der Waals surface area contributed by atoms with Gasteiger partial charge in [0.15, 0.2) is 5.58 Å². The highest BCUT2D eigenvalue weighted by atomic mass is 16.4. The Balaban J connectivity index is 1.35. The van der Waals surface area contributed by atoms with Crippen LogP contribution in [0.5, 0.6) is 0 Å². The third kappa shape index (κ3) is 2.80. The third-order valence-electron chi connectivity index (χ3n) is 4.68. The van der Waals surface area contributed by atoms with Crippen LogP contribution in [0.1, 0.15) is 25.7 Å². The first-order valence-corrected chi connectivity index (χ1v) is 8.18. The topological polar surface area (TPSA) is 58.4 Å². The first kappa shape index (κ1) is 13.6. The molecule has 22 heavy (non-hydrogen) atoms. The largest absolute Gasteiger partial charge is 0.423 e. The fourth-order valence-corrected chi connectivity index (χ4v) is 3.04. The van der Waals surface area contributed by atoms with E-state index in [0.29, 0.717) is 6.01 Å². The second-order valence-corrected chi connectivity index (χ2v) is 6.41. The van der Waals surface area contributed by atoms with E-state index in [9.17, 15) is 4.79 Å². The van der Waals surface area contributed by atoms with Crippen LogP contribution in [0, 0.1) is 11.8 Å². The van der Waals surface area contributed by atoms with Gasteiger partial charge in [-0.3, -0.25) is 4.79 Å². The molecule has 1 amide bonds. The number of amides is 1. The Hall–Kier alpha value is -2.04. The average Bonchev–Trinajstić information content (AvgIpc) is 3.29. The number of para-hydroxylation sites is 2. The first-order chi connectivity index (χ1) is 10.8. The predicted molar refractivity (Wildman–Crippen MR) is 84.7 cm³/mol. The zero-order chi connectivity index (χ0) is 14.9. The third-order valence-corrected chi connectivity index (χ3v) is 4.68. The molecule has 2 fully saturated rings. The minimum absolute atomic E-state index is 0.138. The van der Waals surface area contributed by atoms with E-state index in [1.807, 2.05) is 24.3 Å². The summed E-state index contributed by atoms with van der Waals surface area (Å²) in [5.41, 5.74) is 1.71. The van der Waals surface area contributed by atoms with E-state index in [1.165, 1.54) is 12.8 Å². The van der Waals surface area contributed by atoms with Gasteiger partial charge in [0.25, 0.3) is 6.01 Å². The molecule has 1 aromatic carbocycles. The number of hydrogen-bond donors (Lipinski definition) is 1. The van der Waals surface area contributed by atoms with Crippen LogP contribution in [0.25, 0.3) is 11.1 Å². The molecule has 1 N–H and O–H groups in total. The van der Waals surface area contributed by atoms with Crippen LogP contribution < -0.4 is 10.2 Å². The van der Waals surface area contributed by atoms with Crippen molar-refractivity contribution in [1.29, 1.82) is 0 Å². The Morgan fingerprint density at radius 1 is 1.23 bits per heavy atom. The number of nitrogens with one attached hydrogen (secondary N) is 1. The Labute approximate surface area is 129 Å². The lowest BCUT2D eigenvalue weighted by Crippen LogP contribution is -2.41. The standard InChI is InChI=1S/C17H21N3O2/c21-16(18-11-12-5-6-12)13-7-9-20(10-8-13)17-19-14-3-1-2-4-15(14)22-17/h1-4,12-13H,5-11H2,(H,18,21). The van der Waals surface area contributed by atoms with Crippen molar-refractivity contribution < 1.29 is 9.21 Å². The maximum Gasteiger partial charge on any atom is 0.298 e. The molecule has 1 saturated carbocycles. The summed E-state index contributed by atoms with van der Waals surface area (Å²) in [4.78, 5) is 18.8. The molecule has 1 saturated heterocycles. The summed E-state index contributed by atoms with van der Waals surface area (Å²) < 4.78 is 5.80. The van der Waals surface area contributed by atoms with Crippen molar-refractivity contribution in [3.8, 4) is 0 Å². The van der Waals surface area contributed by atoms with E-state index in [4.69, 9.17) is 4.42 Å². The zero-order valence-electron chi connectivity index (χ0n) is 12.6. The SMILES string of the molecule is O=C(NCC1CC1)C1CCN(c2nc3ccccc3o2)CC1. The van der Waals surface area contributed by atoms with Crippen LogP contribution >= 0.6 is 0 Å². The maximum atomic E-state index is 12.1. The molecule has 5 nitrogen and oxygen atoms in total. The number of aromatic nitrogens is 1. The van der Waals surface area contributed by atoms with Gasteiger partial charge in [0.2, 0.25) is 5.91 Å². The molecule has 5 heteroatoms. The van der Waals surface area contributed by atoms with Gasteiger partial charge in [-0.15, -0.1) is 0 Å². The van der Waals surface area contributed by atoms with E-state index >= 15 is 0 Å². The highest BCUT2D eigenvalue weighted by Gasteiger charge is 2.28. The molecular weight excluding hydrogens is 278 g/mol. The molecule has 0 unspecified atom stereocenters. The number of fused-ring (bicyclic) bond motifs is 1. The van der Waals surface area contributed by atoms with Crippen molar-refractivity contribution in [3.63, 3.8) is 0 Å². The second-order valence-electron chi connectivity index (χ2n) is 6.41. The van der Waals surface area contributed by atoms with Crippen molar-refractivity contribution in [2.24, 2.45) is 11.8 Å². The molecule has 0 bridgehead atoms. The van der Waals surface area contributed by atoms with E-state index in [0.717, 1.165) is 49.5 Å². The molecule has 2 aromatic rings. The molecule has 2 aliphatic rings. The number of hydrogen-bond acceptors (Lipinski definition) is 4. The number of anilines is 1. The van der Waals surface area contributed by atoms with E-state index < -0.39 is 0 Å². The second kappa shape index (κ2) is 5.63. The Morgan fingerprint density at radius 2 is 2.00 bits per heavy atom.